The number of hydrogen-bond acceptors (Lipinski definition) is 7. The maximum absolute atomic E-state index is 16.1. The Hall–Kier alpha value is -3.30. The summed E-state index contributed by atoms with van der Waals surface area (Å²) >= 11 is 1.49. The van der Waals surface area contributed by atoms with Crippen molar-refractivity contribution in [3.8, 4) is 16.9 Å². The molecule has 1 saturated heterocycles. The molecular formula is C30H41FN6OS. The lowest BCUT2D eigenvalue weighted by Gasteiger charge is -2.28. The number of aromatic nitrogens is 3. The normalized spacial score (nSPS) is 14.4. The summed E-state index contributed by atoms with van der Waals surface area (Å²) in [6.07, 6.45) is 8.11. The molecule has 39 heavy (non-hydrogen) atoms. The fourth-order valence-corrected chi connectivity index (χ4v) is 4.99. The number of fused-ring (bicyclic) bond motifs is 1. The molecule has 1 aliphatic heterocycles. The van der Waals surface area contributed by atoms with Crippen molar-refractivity contribution in [2.45, 2.75) is 41.0 Å². The highest BCUT2D eigenvalue weighted by atomic mass is 32.2. The van der Waals surface area contributed by atoms with Gasteiger partial charge in [0.1, 0.15) is 11.6 Å². The molecule has 0 atom stereocenters. The summed E-state index contributed by atoms with van der Waals surface area (Å²) in [5.74, 6) is 2.06. The van der Waals surface area contributed by atoms with Crippen LogP contribution in [0.3, 0.4) is 0 Å². The van der Waals surface area contributed by atoms with E-state index in [9.17, 15) is 0 Å². The lowest BCUT2D eigenvalue weighted by atomic mass is 10.1. The van der Waals surface area contributed by atoms with Crippen molar-refractivity contribution in [2.24, 2.45) is 0 Å². The maximum atomic E-state index is 16.1. The van der Waals surface area contributed by atoms with Gasteiger partial charge in [0, 0.05) is 55.5 Å². The van der Waals surface area contributed by atoms with Gasteiger partial charge >= 0.3 is 0 Å². The number of pyridine rings is 2. The van der Waals surface area contributed by atoms with E-state index in [2.05, 4.69) is 33.4 Å². The van der Waals surface area contributed by atoms with E-state index < -0.39 is 0 Å². The number of nitrogens with one attached hydrogen (secondary N) is 2. The molecule has 0 saturated carbocycles. The van der Waals surface area contributed by atoms with Gasteiger partial charge < -0.3 is 24.2 Å². The fraction of sp³-hybridized carbons (Fsp3) is 0.400. The van der Waals surface area contributed by atoms with Gasteiger partial charge in [0.15, 0.2) is 5.83 Å². The molecule has 1 fully saturated rings. The van der Waals surface area contributed by atoms with Gasteiger partial charge in [-0.2, -0.15) is 0 Å². The van der Waals surface area contributed by atoms with Gasteiger partial charge in [-0.05, 0) is 44.0 Å². The smallest absolute Gasteiger partial charge is 0.170 e. The number of methoxy groups -OCH3 is 1. The van der Waals surface area contributed by atoms with Crippen molar-refractivity contribution in [3.05, 3.63) is 66.5 Å². The zero-order valence-electron chi connectivity index (χ0n) is 24.0. The number of allylic oxidation sites excluding steroid dienone is 4. The molecular weight excluding hydrogens is 511 g/mol. The van der Waals surface area contributed by atoms with E-state index in [-0.39, 0.29) is 5.83 Å². The number of rotatable bonds is 10. The molecule has 0 radical (unpaired) electrons. The minimum absolute atomic E-state index is 0.364. The van der Waals surface area contributed by atoms with Crippen molar-refractivity contribution in [3.63, 3.8) is 0 Å². The molecule has 9 heteroatoms. The first-order chi connectivity index (χ1) is 19.0. The molecule has 4 rings (SSSR count). The summed E-state index contributed by atoms with van der Waals surface area (Å²) in [6.45, 7) is 17.5. The Morgan fingerprint density at radius 3 is 2.64 bits per heavy atom. The Morgan fingerprint density at radius 2 is 2.00 bits per heavy atom. The van der Waals surface area contributed by atoms with Crippen molar-refractivity contribution < 1.29 is 9.13 Å². The van der Waals surface area contributed by atoms with Gasteiger partial charge in [0.2, 0.25) is 0 Å². The Bertz CT molecular complexity index is 1330. The standard InChI is InChI=1S/C28H35FN6OS.C2H6/c1-6-14-37-33-23(7-2)26(29)28(19(3)4)35-18-22(20-15-21(36-5)17-31-16-20)27-24(35)8-9-25(32-27)34-12-10-30-11-13-34;1-2/h7-9,15-18,30,33H,3,6,10-14H2,1-2,4-5H3;1-2H3/b23-7+,28-26-;. The molecule has 3 aromatic heterocycles. The highest BCUT2D eigenvalue weighted by molar-refractivity contribution is 7.97. The second kappa shape index (κ2) is 14.7. The van der Waals surface area contributed by atoms with Crippen LogP contribution in [0.4, 0.5) is 10.2 Å². The van der Waals surface area contributed by atoms with Crippen LogP contribution in [-0.4, -0.2) is 53.6 Å². The van der Waals surface area contributed by atoms with Crippen molar-refractivity contribution in [1.29, 1.82) is 0 Å². The summed E-state index contributed by atoms with van der Waals surface area (Å²) in [5.41, 5.74) is 4.68. The first kappa shape index (κ1) is 30.2. The average molecular weight is 553 g/mol. The molecule has 0 aromatic carbocycles. The number of hydrogen-bond donors (Lipinski definition) is 2. The molecule has 3 aromatic rings. The Labute approximate surface area is 236 Å². The van der Waals surface area contributed by atoms with Crippen molar-refractivity contribution in [2.75, 3.05) is 43.9 Å². The number of ether oxygens (including phenoxy) is 1. The third kappa shape index (κ3) is 7.02. The number of nitrogens with zero attached hydrogens (tertiary/aromatic N) is 4. The molecule has 0 bridgehead atoms. The largest absolute Gasteiger partial charge is 0.495 e. The SMILES string of the molecule is C=C(C)/C(=C(F)\C(=C/C)NSCCC)n1cc(-c2cncc(OC)c2)c2nc(N3CCNCC3)ccc21.CC. The minimum Gasteiger partial charge on any atom is -0.495 e. The first-order valence-corrected chi connectivity index (χ1v) is 14.5. The van der Waals surface area contributed by atoms with E-state index in [1.54, 1.807) is 25.6 Å². The molecule has 4 heterocycles. The van der Waals surface area contributed by atoms with Crippen LogP contribution in [0.5, 0.6) is 5.75 Å². The zero-order chi connectivity index (χ0) is 28.4. The predicted molar refractivity (Wildman–Crippen MR) is 165 cm³/mol. The predicted octanol–water partition coefficient (Wildman–Crippen LogP) is 6.81. The first-order valence-electron chi connectivity index (χ1n) is 13.6. The zero-order valence-corrected chi connectivity index (χ0v) is 24.8. The molecule has 1 aliphatic rings. The highest BCUT2D eigenvalue weighted by Gasteiger charge is 2.22. The second-order valence-electron chi connectivity index (χ2n) is 8.90. The third-order valence-electron chi connectivity index (χ3n) is 6.20. The van der Waals surface area contributed by atoms with Gasteiger partial charge in [-0.15, -0.1) is 0 Å². The lowest BCUT2D eigenvalue weighted by Crippen LogP contribution is -2.43. The van der Waals surface area contributed by atoms with Crippen LogP contribution in [0.25, 0.3) is 27.9 Å². The average Bonchev–Trinajstić information content (AvgIpc) is 3.35. The molecule has 210 valence electrons. The van der Waals surface area contributed by atoms with Crippen LogP contribution in [0.1, 0.15) is 41.0 Å². The summed E-state index contributed by atoms with van der Waals surface area (Å²) in [4.78, 5) is 11.7. The van der Waals surface area contributed by atoms with Gasteiger partial charge in [0.05, 0.1) is 35.7 Å². The lowest BCUT2D eigenvalue weighted by molar-refractivity contribution is 0.413. The quantitative estimate of drug-likeness (QED) is 0.163. The topological polar surface area (TPSA) is 67.2 Å². The molecule has 0 aliphatic carbocycles. The van der Waals surface area contributed by atoms with Crippen LogP contribution >= 0.6 is 11.9 Å². The van der Waals surface area contributed by atoms with Crippen molar-refractivity contribution in [1.82, 2.24) is 24.6 Å². The number of anilines is 1. The van der Waals surface area contributed by atoms with Gasteiger partial charge in [-0.3, -0.25) is 4.98 Å². The minimum atomic E-state index is -0.364. The summed E-state index contributed by atoms with van der Waals surface area (Å²) < 4.78 is 26.6. The van der Waals surface area contributed by atoms with E-state index in [1.165, 1.54) is 11.9 Å². The van der Waals surface area contributed by atoms with Crippen LogP contribution in [0, 0.1) is 0 Å². The van der Waals surface area contributed by atoms with Crippen molar-refractivity contribution >= 4 is 34.5 Å². The van der Waals surface area contributed by atoms with E-state index in [4.69, 9.17) is 9.72 Å². The summed E-state index contributed by atoms with van der Waals surface area (Å²) in [6, 6.07) is 5.95. The number of piperazine rings is 1. The second-order valence-corrected chi connectivity index (χ2v) is 9.80. The van der Waals surface area contributed by atoms with E-state index >= 15 is 4.39 Å². The molecule has 0 unspecified atom stereocenters. The Morgan fingerprint density at radius 1 is 1.26 bits per heavy atom. The van der Waals surface area contributed by atoms with E-state index in [0.29, 0.717) is 22.7 Å². The Kier molecular flexibility index (Phi) is 11.4. The molecule has 0 spiro atoms. The molecule has 0 amide bonds. The highest BCUT2D eigenvalue weighted by Crippen LogP contribution is 2.37. The van der Waals surface area contributed by atoms with Crippen LogP contribution in [0.2, 0.25) is 0 Å². The monoisotopic (exact) mass is 552 g/mol. The van der Waals surface area contributed by atoms with Gasteiger partial charge in [-0.1, -0.05) is 45.4 Å². The van der Waals surface area contributed by atoms with Crippen LogP contribution < -0.4 is 19.7 Å². The van der Waals surface area contributed by atoms with E-state index in [1.807, 2.05) is 56.7 Å². The maximum Gasteiger partial charge on any atom is 0.170 e. The fourth-order valence-electron chi connectivity index (χ4n) is 4.33. The van der Waals surface area contributed by atoms with Gasteiger partial charge in [-0.25, -0.2) is 9.37 Å². The number of halogens is 1. The van der Waals surface area contributed by atoms with E-state index in [0.717, 1.165) is 66.3 Å². The third-order valence-corrected chi connectivity index (χ3v) is 7.18. The molecule has 2 N–H and O–H groups in total. The Balaban J connectivity index is 0.00000205. The van der Waals surface area contributed by atoms with Gasteiger partial charge in [0.25, 0.3) is 0 Å². The molecule has 7 nitrogen and oxygen atoms in total. The summed E-state index contributed by atoms with van der Waals surface area (Å²) in [5, 5.41) is 3.38. The summed E-state index contributed by atoms with van der Waals surface area (Å²) in [7, 11) is 1.62. The van der Waals surface area contributed by atoms with Crippen LogP contribution in [-0.2, 0) is 0 Å². The van der Waals surface area contributed by atoms with Crippen LogP contribution in [0.15, 0.2) is 66.5 Å².